The van der Waals surface area contributed by atoms with E-state index in [4.69, 9.17) is 0 Å². The van der Waals surface area contributed by atoms with Crippen molar-refractivity contribution in [2.75, 3.05) is 24.5 Å². The predicted octanol–water partition coefficient (Wildman–Crippen LogP) is 3.01. The summed E-state index contributed by atoms with van der Waals surface area (Å²) in [5.74, 6) is -0.213. The topological polar surface area (TPSA) is 35.5 Å². The maximum absolute atomic E-state index is 13.6. The van der Waals surface area contributed by atoms with Gasteiger partial charge in [-0.15, -0.1) is 0 Å². The molecular formula is C17H25FN2O. The van der Waals surface area contributed by atoms with Crippen molar-refractivity contribution < 1.29 is 9.50 Å². The fraction of sp³-hybridized carbons (Fsp3) is 0.529. The smallest absolute Gasteiger partial charge is 0.123 e. The molecule has 21 heavy (non-hydrogen) atoms. The Hall–Kier alpha value is -1.39. The predicted molar refractivity (Wildman–Crippen MR) is 85.1 cm³/mol. The summed E-state index contributed by atoms with van der Waals surface area (Å²) >= 11 is 0. The van der Waals surface area contributed by atoms with Crippen LogP contribution in [0.2, 0.25) is 0 Å². The van der Waals surface area contributed by atoms with Crippen LogP contribution in [0.5, 0.6) is 0 Å². The van der Waals surface area contributed by atoms with Gasteiger partial charge in [-0.3, -0.25) is 0 Å². The molecule has 1 unspecified atom stereocenters. The first-order valence-corrected chi connectivity index (χ1v) is 7.57. The number of aliphatic hydroxyl groups excluding tert-OH is 1. The summed E-state index contributed by atoms with van der Waals surface area (Å²) < 4.78 is 13.6. The van der Waals surface area contributed by atoms with Gasteiger partial charge in [0, 0.05) is 31.4 Å². The minimum atomic E-state index is -0.213. The van der Waals surface area contributed by atoms with E-state index in [0.717, 1.165) is 49.3 Å². The van der Waals surface area contributed by atoms with E-state index in [-0.39, 0.29) is 18.0 Å². The molecule has 1 aromatic carbocycles. The lowest BCUT2D eigenvalue weighted by Crippen LogP contribution is -2.37. The van der Waals surface area contributed by atoms with E-state index in [1.165, 1.54) is 6.07 Å². The van der Waals surface area contributed by atoms with Gasteiger partial charge in [0.1, 0.15) is 5.82 Å². The Kier molecular flexibility index (Phi) is 5.37. The molecule has 0 radical (unpaired) electrons. The number of aliphatic hydroxyl groups is 1. The van der Waals surface area contributed by atoms with E-state index in [1.807, 2.05) is 19.9 Å². The Morgan fingerprint density at radius 2 is 2.14 bits per heavy atom. The molecule has 1 aliphatic heterocycles. The standard InChI is InChI=1S/C17H25FN2O/c1-12(2)11-19-13(3)16-10-14(18)4-5-17(16)20-8-6-15(21)7-9-20/h4-5,10,13,15,19,21H,1,6-9,11H2,2-3H3. The highest BCUT2D eigenvalue weighted by atomic mass is 19.1. The summed E-state index contributed by atoms with van der Waals surface area (Å²) in [4.78, 5) is 2.24. The average molecular weight is 292 g/mol. The second-order valence-corrected chi connectivity index (χ2v) is 5.98. The van der Waals surface area contributed by atoms with Crippen LogP contribution < -0.4 is 10.2 Å². The van der Waals surface area contributed by atoms with Crippen LogP contribution in [0.4, 0.5) is 10.1 Å². The minimum absolute atomic E-state index is 0.0549. The molecule has 0 aliphatic carbocycles. The lowest BCUT2D eigenvalue weighted by Gasteiger charge is -2.34. The zero-order valence-corrected chi connectivity index (χ0v) is 12.9. The molecule has 116 valence electrons. The number of hydrogen-bond donors (Lipinski definition) is 2. The molecule has 1 atom stereocenters. The minimum Gasteiger partial charge on any atom is -0.393 e. The second-order valence-electron chi connectivity index (χ2n) is 5.98. The molecule has 0 amide bonds. The van der Waals surface area contributed by atoms with E-state index in [9.17, 15) is 9.50 Å². The van der Waals surface area contributed by atoms with Crippen LogP contribution in [-0.2, 0) is 0 Å². The first kappa shape index (κ1) is 16.0. The zero-order chi connectivity index (χ0) is 15.4. The van der Waals surface area contributed by atoms with Gasteiger partial charge in [0.25, 0.3) is 0 Å². The van der Waals surface area contributed by atoms with Crippen molar-refractivity contribution in [3.8, 4) is 0 Å². The van der Waals surface area contributed by atoms with Gasteiger partial charge in [-0.25, -0.2) is 4.39 Å². The number of rotatable bonds is 5. The first-order chi connectivity index (χ1) is 9.97. The number of piperidine rings is 1. The third kappa shape index (κ3) is 4.29. The Morgan fingerprint density at radius 1 is 1.48 bits per heavy atom. The summed E-state index contributed by atoms with van der Waals surface area (Å²) in [7, 11) is 0. The van der Waals surface area contributed by atoms with E-state index in [1.54, 1.807) is 6.07 Å². The van der Waals surface area contributed by atoms with Crippen molar-refractivity contribution in [1.29, 1.82) is 0 Å². The summed E-state index contributed by atoms with van der Waals surface area (Å²) in [6.45, 7) is 10.2. The Morgan fingerprint density at radius 3 is 2.76 bits per heavy atom. The summed E-state index contributed by atoms with van der Waals surface area (Å²) in [6, 6.07) is 5.02. The first-order valence-electron chi connectivity index (χ1n) is 7.57. The second kappa shape index (κ2) is 7.05. The summed E-state index contributed by atoms with van der Waals surface area (Å²) in [5.41, 5.74) is 3.08. The largest absolute Gasteiger partial charge is 0.393 e. The van der Waals surface area contributed by atoms with Crippen LogP contribution in [0.1, 0.15) is 38.3 Å². The van der Waals surface area contributed by atoms with Crippen molar-refractivity contribution in [3.05, 3.63) is 41.7 Å². The molecule has 1 saturated heterocycles. The van der Waals surface area contributed by atoms with Crippen LogP contribution in [0.25, 0.3) is 0 Å². The van der Waals surface area contributed by atoms with Gasteiger partial charge in [-0.05, 0) is 50.5 Å². The fourth-order valence-electron chi connectivity index (χ4n) is 2.70. The van der Waals surface area contributed by atoms with Crippen LogP contribution in [0, 0.1) is 5.82 Å². The molecule has 4 heteroatoms. The lowest BCUT2D eigenvalue weighted by molar-refractivity contribution is 0.145. The molecule has 0 aromatic heterocycles. The summed E-state index contributed by atoms with van der Waals surface area (Å²) in [5, 5.41) is 13.0. The normalized spacial score (nSPS) is 17.8. The van der Waals surface area contributed by atoms with Gasteiger partial charge >= 0.3 is 0 Å². The monoisotopic (exact) mass is 292 g/mol. The Balaban J connectivity index is 2.18. The van der Waals surface area contributed by atoms with E-state index in [2.05, 4.69) is 16.8 Å². The molecule has 1 heterocycles. The number of nitrogens with one attached hydrogen (secondary N) is 1. The molecule has 0 saturated carbocycles. The number of anilines is 1. The van der Waals surface area contributed by atoms with Crippen molar-refractivity contribution in [3.63, 3.8) is 0 Å². The van der Waals surface area contributed by atoms with Crippen molar-refractivity contribution in [1.82, 2.24) is 5.32 Å². The number of hydrogen-bond acceptors (Lipinski definition) is 3. The van der Waals surface area contributed by atoms with Gasteiger partial charge in [0.05, 0.1) is 6.10 Å². The van der Waals surface area contributed by atoms with Crippen molar-refractivity contribution in [2.24, 2.45) is 0 Å². The molecule has 2 rings (SSSR count). The van der Waals surface area contributed by atoms with Crippen LogP contribution >= 0.6 is 0 Å². The summed E-state index contributed by atoms with van der Waals surface area (Å²) in [6.07, 6.45) is 1.33. The van der Waals surface area contributed by atoms with Crippen LogP contribution in [0.15, 0.2) is 30.4 Å². The number of benzene rings is 1. The molecule has 0 spiro atoms. The van der Waals surface area contributed by atoms with Gasteiger partial charge in [-0.1, -0.05) is 12.2 Å². The molecule has 0 bridgehead atoms. The highest BCUT2D eigenvalue weighted by Crippen LogP contribution is 2.29. The molecule has 1 aliphatic rings. The highest BCUT2D eigenvalue weighted by molar-refractivity contribution is 5.55. The maximum atomic E-state index is 13.6. The van der Waals surface area contributed by atoms with Crippen molar-refractivity contribution in [2.45, 2.75) is 38.8 Å². The van der Waals surface area contributed by atoms with Crippen LogP contribution in [0.3, 0.4) is 0 Å². The SMILES string of the molecule is C=C(C)CNC(C)c1cc(F)ccc1N1CCC(O)CC1. The number of halogens is 1. The highest BCUT2D eigenvalue weighted by Gasteiger charge is 2.21. The van der Waals surface area contributed by atoms with Gasteiger partial charge in [0.15, 0.2) is 0 Å². The van der Waals surface area contributed by atoms with E-state index < -0.39 is 0 Å². The van der Waals surface area contributed by atoms with E-state index in [0.29, 0.717) is 0 Å². The molecule has 1 aromatic rings. The molecule has 3 nitrogen and oxygen atoms in total. The lowest BCUT2D eigenvalue weighted by atomic mass is 10.0. The maximum Gasteiger partial charge on any atom is 0.123 e. The Labute approximate surface area is 126 Å². The third-order valence-corrected chi connectivity index (χ3v) is 3.97. The molecular weight excluding hydrogens is 267 g/mol. The third-order valence-electron chi connectivity index (χ3n) is 3.97. The van der Waals surface area contributed by atoms with Crippen molar-refractivity contribution >= 4 is 5.69 Å². The quantitative estimate of drug-likeness (QED) is 0.819. The van der Waals surface area contributed by atoms with Gasteiger partial charge < -0.3 is 15.3 Å². The molecule has 2 N–H and O–H groups in total. The fourth-order valence-corrected chi connectivity index (χ4v) is 2.70. The average Bonchev–Trinajstić information content (AvgIpc) is 2.45. The molecule has 1 fully saturated rings. The zero-order valence-electron chi connectivity index (χ0n) is 12.9. The van der Waals surface area contributed by atoms with E-state index >= 15 is 0 Å². The Bertz CT molecular complexity index is 496. The van der Waals surface area contributed by atoms with Gasteiger partial charge in [0.2, 0.25) is 0 Å². The van der Waals surface area contributed by atoms with Gasteiger partial charge in [-0.2, -0.15) is 0 Å². The number of nitrogens with zero attached hydrogens (tertiary/aromatic N) is 1. The van der Waals surface area contributed by atoms with Crippen LogP contribution in [-0.4, -0.2) is 30.8 Å².